The summed E-state index contributed by atoms with van der Waals surface area (Å²) in [7, 11) is 0. The van der Waals surface area contributed by atoms with E-state index in [4.69, 9.17) is 4.74 Å². The standard InChI is InChI=1S/C13H16O/c1-13-7-8-14-12(11(13)9-13)10-5-3-2-4-6-10/h2-6,11-12H,7-9H2,1H3/t11-,12?,13-/m1/s1. The molecule has 3 atom stereocenters. The van der Waals surface area contributed by atoms with Crippen LogP contribution in [0.2, 0.25) is 0 Å². The molecule has 0 amide bonds. The Morgan fingerprint density at radius 2 is 2.07 bits per heavy atom. The lowest BCUT2D eigenvalue weighted by Gasteiger charge is -2.26. The van der Waals surface area contributed by atoms with Crippen LogP contribution in [0.15, 0.2) is 30.3 Å². The molecule has 1 aliphatic carbocycles. The van der Waals surface area contributed by atoms with Crippen LogP contribution in [0.3, 0.4) is 0 Å². The van der Waals surface area contributed by atoms with E-state index >= 15 is 0 Å². The minimum atomic E-state index is 0.370. The zero-order valence-corrected chi connectivity index (χ0v) is 8.57. The maximum absolute atomic E-state index is 5.88. The molecule has 1 saturated heterocycles. The number of rotatable bonds is 1. The van der Waals surface area contributed by atoms with Gasteiger partial charge in [-0.25, -0.2) is 0 Å². The summed E-state index contributed by atoms with van der Waals surface area (Å²) in [6.07, 6.45) is 2.98. The van der Waals surface area contributed by atoms with E-state index in [0.717, 1.165) is 12.5 Å². The molecule has 0 radical (unpaired) electrons. The summed E-state index contributed by atoms with van der Waals surface area (Å²) in [5.74, 6) is 0.777. The number of hydrogen-bond donors (Lipinski definition) is 0. The minimum absolute atomic E-state index is 0.370. The molecule has 0 aromatic heterocycles. The topological polar surface area (TPSA) is 9.23 Å². The normalized spacial score (nSPS) is 40.4. The molecule has 1 nitrogen and oxygen atoms in total. The average Bonchev–Trinajstić information content (AvgIpc) is 2.90. The van der Waals surface area contributed by atoms with Crippen molar-refractivity contribution in [2.45, 2.75) is 25.9 Å². The van der Waals surface area contributed by atoms with Gasteiger partial charge in [0.2, 0.25) is 0 Å². The van der Waals surface area contributed by atoms with E-state index in [1.807, 2.05) is 0 Å². The third-order valence-corrected chi connectivity index (χ3v) is 3.89. The van der Waals surface area contributed by atoms with Gasteiger partial charge in [0.15, 0.2) is 0 Å². The molecule has 0 bridgehead atoms. The summed E-state index contributed by atoms with van der Waals surface area (Å²) in [5, 5.41) is 0. The van der Waals surface area contributed by atoms with E-state index in [2.05, 4.69) is 37.3 Å². The summed E-state index contributed by atoms with van der Waals surface area (Å²) in [6.45, 7) is 3.34. The van der Waals surface area contributed by atoms with E-state index in [0.29, 0.717) is 11.5 Å². The van der Waals surface area contributed by atoms with Crippen molar-refractivity contribution in [1.82, 2.24) is 0 Å². The molecule has 1 heteroatoms. The van der Waals surface area contributed by atoms with Gasteiger partial charge in [-0.2, -0.15) is 0 Å². The lowest BCUT2D eigenvalue weighted by atomic mass is 9.93. The van der Waals surface area contributed by atoms with Crippen molar-refractivity contribution < 1.29 is 4.74 Å². The third-order valence-electron chi connectivity index (χ3n) is 3.89. The SMILES string of the molecule is C[C@]12CCOC(c3ccccc3)[C@H]1C2. The number of benzene rings is 1. The van der Waals surface area contributed by atoms with Crippen LogP contribution in [0.5, 0.6) is 0 Å². The predicted molar refractivity (Wildman–Crippen MR) is 56.0 cm³/mol. The molecule has 1 unspecified atom stereocenters. The maximum Gasteiger partial charge on any atom is 0.0858 e. The predicted octanol–water partition coefficient (Wildman–Crippen LogP) is 3.17. The van der Waals surface area contributed by atoms with Crippen LogP contribution in [-0.2, 0) is 4.74 Å². The highest BCUT2D eigenvalue weighted by Gasteiger charge is 2.56. The van der Waals surface area contributed by atoms with Crippen LogP contribution >= 0.6 is 0 Å². The first-order chi connectivity index (χ1) is 6.80. The molecule has 2 aliphatic rings. The van der Waals surface area contributed by atoms with Gasteiger partial charge in [-0.1, -0.05) is 37.3 Å². The van der Waals surface area contributed by atoms with Gasteiger partial charge < -0.3 is 4.74 Å². The monoisotopic (exact) mass is 188 g/mol. The molecule has 1 aromatic carbocycles. The third kappa shape index (κ3) is 1.19. The highest BCUT2D eigenvalue weighted by molar-refractivity contribution is 5.22. The average molecular weight is 188 g/mol. The quantitative estimate of drug-likeness (QED) is 0.657. The molecule has 1 saturated carbocycles. The number of ether oxygens (including phenoxy) is 1. The summed E-state index contributed by atoms with van der Waals surface area (Å²) in [6, 6.07) is 10.7. The van der Waals surface area contributed by atoms with Gasteiger partial charge in [-0.15, -0.1) is 0 Å². The van der Waals surface area contributed by atoms with E-state index in [1.165, 1.54) is 18.4 Å². The second kappa shape index (κ2) is 2.83. The van der Waals surface area contributed by atoms with E-state index < -0.39 is 0 Å². The first-order valence-corrected chi connectivity index (χ1v) is 5.46. The Balaban J connectivity index is 1.87. The summed E-state index contributed by atoms with van der Waals surface area (Å²) in [4.78, 5) is 0. The second-order valence-electron chi connectivity index (χ2n) is 4.92. The summed E-state index contributed by atoms with van der Waals surface area (Å²) in [5.41, 5.74) is 1.96. The summed E-state index contributed by atoms with van der Waals surface area (Å²) >= 11 is 0. The largest absolute Gasteiger partial charge is 0.373 e. The molecule has 0 N–H and O–H groups in total. The van der Waals surface area contributed by atoms with Crippen LogP contribution in [0.1, 0.15) is 31.4 Å². The van der Waals surface area contributed by atoms with Gasteiger partial charge in [0.25, 0.3) is 0 Å². The van der Waals surface area contributed by atoms with Gasteiger partial charge in [-0.05, 0) is 29.7 Å². The van der Waals surface area contributed by atoms with Crippen molar-refractivity contribution in [2.75, 3.05) is 6.61 Å². The van der Waals surface area contributed by atoms with Crippen LogP contribution in [-0.4, -0.2) is 6.61 Å². The molecule has 14 heavy (non-hydrogen) atoms. The van der Waals surface area contributed by atoms with Crippen molar-refractivity contribution in [2.24, 2.45) is 11.3 Å². The molecule has 74 valence electrons. The Labute approximate surface area is 85.1 Å². The maximum atomic E-state index is 5.88. The molecule has 3 rings (SSSR count). The fourth-order valence-electron chi connectivity index (χ4n) is 2.71. The Kier molecular flexibility index (Phi) is 1.72. The van der Waals surface area contributed by atoms with Crippen LogP contribution < -0.4 is 0 Å². The zero-order valence-electron chi connectivity index (χ0n) is 8.57. The molecule has 1 aliphatic heterocycles. The van der Waals surface area contributed by atoms with Gasteiger partial charge in [0.05, 0.1) is 6.10 Å². The van der Waals surface area contributed by atoms with Gasteiger partial charge in [0.1, 0.15) is 0 Å². The Morgan fingerprint density at radius 1 is 1.29 bits per heavy atom. The molecule has 2 fully saturated rings. The van der Waals surface area contributed by atoms with Gasteiger partial charge in [0, 0.05) is 6.61 Å². The molecular weight excluding hydrogens is 172 g/mol. The number of hydrogen-bond acceptors (Lipinski definition) is 1. The summed E-state index contributed by atoms with van der Waals surface area (Å²) < 4.78 is 5.88. The van der Waals surface area contributed by atoms with Gasteiger partial charge in [-0.3, -0.25) is 0 Å². The molecule has 0 spiro atoms. The second-order valence-corrected chi connectivity index (χ2v) is 4.92. The van der Waals surface area contributed by atoms with Crippen molar-refractivity contribution >= 4 is 0 Å². The lowest BCUT2D eigenvalue weighted by molar-refractivity contribution is -0.0119. The van der Waals surface area contributed by atoms with Crippen molar-refractivity contribution in [3.63, 3.8) is 0 Å². The first kappa shape index (κ1) is 8.49. The lowest BCUT2D eigenvalue weighted by Crippen LogP contribution is -2.19. The highest BCUT2D eigenvalue weighted by Crippen LogP contribution is 2.63. The Morgan fingerprint density at radius 3 is 2.86 bits per heavy atom. The fraction of sp³-hybridized carbons (Fsp3) is 0.538. The fourth-order valence-corrected chi connectivity index (χ4v) is 2.71. The molecule has 1 aromatic rings. The van der Waals surface area contributed by atoms with Crippen molar-refractivity contribution in [3.05, 3.63) is 35.9 Å². The van der Waals surface area contributed by atoms with Crippen molar-refractivity contribution in [1.29, 1.82) is 0 Å². The Bertz CT molecular complexity index is 332. The van der Waals surface area contributed by atoms with E-state index in [-0.39, 0.29) is 0 Å². The van der Waals surface area contributed by atoms with Crippen LogP contribution in [0.25, 0.3) is 0 Å². The van der Waals surface area contributed by atoms with E-state index in [1.54, 1.807) is 0 Å². The zero-order chi connectivity index (χ0) is 9.60. The highest BCUT2D eigenvalue weighted by atomic mass is 16.5. The minimum Gasteiger partial charge on any atom is -0.373 e. The van der Waals surface area contributed by atoms with E-state index in [9.17, 15) is 0 Å². The molecular formula is C13H16O. The van der Waals surface area contributed by atoms with Gasteiger partial charge >= 0.3 is 0 Å². The first-order valence-electron chi connectivity index (χ1n) is 5.46. The number of fused-ring (bicyclic) bond motifs is 1. The molecule has 1 heterocycles. The smallest absolute Gasteiger partial charge is 0.0858 e. The van der Waals surface area contributed by atoms with Crippen LogP contribution in [0.4, 0.5) is 0 Å². The van der Waals surface area contributed by atoms with Crippen LogP contribution in [0, 0.1) is 11.3 Å². The van der Waals surface area contributed by atoms with Crippen molar-refractivity contribution in [3.8, 4) is 0 Å². The Hall–Kier alpha value is -0.820.